The van der Waals surface area contributed by atoms with Crippen molar-refractivity contribution in [2.45, 2.75) is 26.4 Å². The van der Waals surface area contributed by atoms with Gasteiger partial charge in [-0.05, 0) is 6.42 Å². The highest BCUT2D eigenvalue weighted by Gasteiger charge is 2.14. The van der Waals surface area contributed by atoms with E-state index in [1.807, 2.05) is 25.9 Å². The Balaban J connectivity index is 0.000000291. The van der Waals surface area contributed by atoms with Gasteiger partial charge >= 0.3 is 0 Å². The van der Waals surface area contributed by atoms with Crippen LogP contribution in [-0.4, -0.2) is 24.8 Å². The summed E-state index contributed by atoms with van der Waals surface area (Å²) >= 11 is 0. The predicted octanol–water partition coefficient (Wildman–Crippen LogP) is 0.138. The van der Waals surface area contributed by atoms with Crippen LogP contribution in [0.2, 0.25) is 0 Å². The molecule has 0 aromatic heterocycles. The summed E-state index contributed by atoms with van der Waals surface area (Å²) in [5.74, 6) is 0. The van der Waals surface area contributed by atoms with E-state index in [9.17, 15) is 0 Å². The Morgan fingerprint density at radius 2 is 2.11 bits per heavy atom. The van der Waals surface area contributed by atoms with Crippen LogP contribution in [0.4, 0.5) is 0 Å². The Morgan fingerprint density at radius 3 is 2.22 bits per heavy atom. The molecule has 1 rings (SSSR count). The lowest BCUT2D eigenvalue weighted by atomic mass is 10.4. The van der Waals surface area contributed by atoms with Gasteiger partial charge in [-0.2, -0.15) is 0 Å². The van der Waals surface area contributed by atoms with Gasteiger partial charge in [0.25, 0.3) is 0 Å². The van der Waals surface area contributed by atoms with Crippen molar-refractivity contribution in [3.63, 3.8) is 0 Å². The van der Waals surface area contributed by atoms with Crippen LogP contribution >= 0.6 is 0 Å². The van der Waals surface area contributed by atoms with Crippen molar-refractivity contribution in [3.05, 3.63) is 0 Å². The second-order valence-electron chi connectivity index (χ2n) is 1.88. The third-order valence-corrected chi connectivity index (χ3v) is 1.30. The number of nitrogens with one attached hydrogen (secondary N) is 1. The molecule has 1 unspecified atom stereocenters. The Kier molecular flexibility index (Phi) is 4.67. The predicted molar refractivity (Wildman–Crippen MR) is 39.7 cm³/mol. The third-order valence-electron chi connectivity index (χ3n) is 1.30. The molecular formula is C6H17N3. The van der Waals surface area contributed by atoms with E-state index in [0.717, 1.165) is 13.0 Å². The van der Waals surface area contributed by atoms with E-state index in [1.54, 1.807) is 0 Å². The highest BCUT2D eigenvalue weighted by atomic mass is 15.5. The molecule has 56 valence electrons. The molecule has 9 heavy (non-hydrogen) atoms. The van der Waals surface area contributed by atoms with Gasteiger partial charge in [0.15, 0.2) is 0 Å². The molecule has 0 aromatic rings. The molecule has 0 aliphatic carbocycles. The first-order valence-corrected chi connectivity index (χ1v) is 3.52. The molecule has 3 nitrogen and oxygen atoms in total. The number of nitrogens with two attached hydrogens (primary N) is 1. The van der Waals surface area contributed by atoms with Crippen LogP contribution in [0.15, 0.2) is 0 Å². The molecule has 0 saturated carbocycles. The smallest absolute Gasteiger partial charge is 0.0717 e. The Bertz CT molecular complexity index is 57.3. The molecule has 1 fully saturated rings. The number of hydrogen-bond acceptors (Lipinski definition) is 3. The Morgan fingerprint density at radius 1 is 1.56 bits per heavy atom. The second kappa shape index (κ2) is 4.73. The van der Waals surface area contributed by atoms with Crippen molar-refractivity contribution >= 4 is 0 Å². The Labute approximate surface area is 57.2 Å². The van der Waals surface area contributed by atoms with Crippen molar-refractivity contribution in [1.29, 1.82) is 0 Å². The van der Waals surface area contributed by atoms with Crippen molar-refractivity contribution in [1.82, 2.24) is 10.4 Å². The average Bonchev–Trinajstić information content (AvgIpc) is 2.23. The summed E-state index contributed by atoms with van der Waals surface area (Å²) in [6, 6.07) is 0. The molecular weight excluding hydrogens is 114 g/mol. The zero-order chi connectivity index (χ0) is 7.28. The molecule has 3 N–H and O–H groups in total. The fourth-order valence-corrected chi connectivity index (χ4v) is 0.700. The minimum absolute atomic E-state index is 0.236. The molecule has 0 radical (unpaired) electrons. The van der Waals surface area contributed by atoms with Crippen molar-refractivity contribution in [3.8, 4) is 0 Å². The van der Waals surface area contributed by atoms with Gasteiger partial charge in [0, 0.05) is 13.6 Å². The van der Waals surface area contributed by atoms with Crippen LogP contribution in [0, 0.1) is 0 Å². The van der Waals surface area contributed by atoms with Gasteiger partial charge < -0.3 is 5.73 Å². The van der Waals surface area contributed by atoms with E-state index in [1.165, 1.54) is 0 Å². The first-order chi connectivity index (χ1) is 4.30. The first kappa shape index (κ1) is 8.88. The van der Waals surface area contributed by atoms with E-state index in [0.29, 0.717) is 0 Å². The zero-order valence-electron chi connectivity index (χ0n) is 6.52. The summed E-state index contributed by atoms with van der Waals surface area (Å²) in [5.41, 5.74) is 8.62. The summed E-state index contributed by atoms with van der Waals surface area (Å²) < 4.78 is 0. The van der Waals surface area contributed by atoms with Crippen LogP contribution in [0.25, 0.3) is 0 Å². The maximum atomic E-state index is 5.54. The molecule has 0 aromatic carbocycles. The van der Waals surface area contributed by atoms with Gasteiger partial charge in [-0.25, -0.2) is 5.01 Å². The van der Waals surface area contributed by atoms with Crippen LogP contribution in [-0.2, 0) is 0 Å². The maximum absolute atomic E-state index is 5.54. The fourth-order valence-electron chi connectivity index (χ4n) is 0.700. The van der Waals surface area contributed by atoms with E-state index in [2.05, 4.69) is 5.43 Å². The quantitative estimate of drug-likeness (QED) is 0.491. The molecule has 0 spiro atoms. The van der Waals surface area contributed by atoms with E-state index >= 15 is 0 Å². The van der Waals surface area contributed by atoms with Crippen LogP contribution in [0.5, 0.6) is 0 Å². The normalized spacial score (nSPS) is 27.3. The monoisotopic (exact) mass is 131 g/mol. The van der Waals surface area contributed by atoms with Crippen LogP contribution < -0.4 is 11.2 Å². The van der Waals surface area contributed by atoms with Gasteiger partial charge in [0.2, 0.25) is 0 Å². The summed E-state index contributed by atoms with van der Waals surface area (Å²) in [6.45, 7) is 5.03. The minimum atomic E-state index is 0.236. The SMILES string of the molecule is CC.CN1NCCC1N. The van der Waals surface area contributed by atoms with E-state index in [4.69, 9.17) is 5.73 Å². The number of nitrogens with zero attached hydrogens (tertiary/aromatic N) is 1. The van der Waals surface area contributed by atoms with Crippen LogP contribution in [0.3, 0.4) is 0 Å². The highest BCUT2D eigenvalue weighted by Crippen LogP contribution is 1.96. The summed E-state index contributed by atoms with van der Waals surface area (Å²) in [5, 5.41) is 1.93. The number of rotatable bonds is 0. The minimum Gasteiger partial charge on any atom is -0.315 e. The molecule has 1 saturated heterocycles. The lowest BCUT2D eigenvalue weighted by Crippen LogP contribution is -2.38. The lowest BCUT2D eigenvalue weighted by Gasteiger charge is -2.12. The van der Waals surface area contributed by atoms with E-state index < -0.39 is 0 Å². The summed E-state index contributed by atoms with van der Waals surface area (Å²) in [6.07, 6.45) is 1.30. The molecule has 1 aliphatic rings. The topological polar surface area (TPSA) is 41.3 Å². The molecule has 0 amide bonds. The first-order valence-electron chi connectivity index (χ1n) is 3.52. The average molecular weight is 131 g/mol. The lowest BCUT2D eigenvalue weighted by molar-refractivity contribution is 0.242. The fraction of sp³-hybridized carbons (Fsp3) is 1.00. The zero-order valence-corrected chi connectivity index (χ0v) is 6.52. The molecule has 1 heterocycles. The molecule has 3 heteroatoms. The van der Waals surface area contributed by atoms with E-state index in [-0.39, 0.29) is 6.17 Å². The summed E-state index contributed by atoms with van der Waals surface area (Å²) in [7, 11) is 1.96. The maximum Gasteiger partial charge on any atom is 0.0717 e. The molecule has 1 aliphatic heterocycles. The van der Waals surface area contributed by atoms with Crippen molar-refractivity contribution in [2.75, 3.05) is 13.6 Å². The number of hydrazine groups is 1. The van der Waals surface area contributed by atoms with Crippen molar-refractivity contribution in [2.24, 2.45) is 5.73 Å². The number of hydrogen-bond donors (Lipinski definition) is 2. The summed E-state index contributed by atoms with van der Waals surface area (Å²) in [4.78, 5) is 0. The Hall–Kier alpha value is -0.120. The second-order valence-corrected chi connectivity index (χ2v) is 1.88. The van der Waals surface area contributed by atoms with Gasteiger partial charge in [-0.1, -0.05) is 13.8 Å². The van der Waals surface area contributed by atoms with Gasteiger partial charge in [-0.15, -0.1) is 0 Å². The molecule has 1 atom stereocenters. The van der Waals surface area contributed by atoms with Crippen molar-refractivity contribution < 1.29 is 0 Å². The molecule has 0 bridgehead atoms. The van der Waals surface area contributed by atoms with Gasteiger partial charge in [-0.3, -0.25) is 5.43 Å². The third kappa shape index (κ3) is 2.79. The largest absolute Gasteiger partial charge is 0.315 e. The van der Waals surface area contributed by atoms with Gasteiger partial charge in [0.05, 0.1) is 6.17 Å². The standard InChI is InChI=1S/C4H11N3.C2H6/c1-7-4(5)2-3-6-7;1-2/h4,6H,2-3,5H2,1H3;1-2H3. The van der Waals surface area contributed by atoms with Crippen LogP contribution in [0.1, 0.15) is 20.3 Å². The van der Waals surface area contributed by atoms with Gasteiger partial charge in [0.1, 0.15) is 0 Å². The highest BCUT2D eigenvalue weighted by molar-refractivity contribution is 4.65.